The van der Waals surface area contributed by atoms with Gasteiger partial charge in [-0.15, -0.1) is 0 Å². The van der Waals surface area contributed by atoms with Crippen LogP contribution >= 0.6 is 15.9 Å². The van der Waals surface area contributed by atoms with E-state index in [0.29, 0.717) is 6.61 Å². The molecule has 72 valence electrons. The monoisotopic (exact) mass is 244 g/mol. The summed E-state index contributed by atoms with van der Waals surface area (Å²) in [5.74, 6) is 0. The first-order valence-corrected chi connectivity index (χ1v) is 4.82. The molecule has 4 heteroatoms. The lowest BCUT2D eigenvalue weighted by Crippen LogP contribution is -2.17. The van der Waals surface area contributed by atoms with Crippen molar-refractivity contribution in [3.8, 4) is 0 Å². The van der Waals surface area contributed by atoms with Crippen LogP contribution in [-0.2, 0) is 4.74 Å². The second kappa shape index (κ2) is 4.69. The Bertz CT molecular complexity index is 291. The Labute approximate surface area is 86.4 Å². The molecular formula is C9H13BrN2O. The zero-order valence-electron chi connectivity index (χ0n) is 7.75. The highest BCUT2D eigenvalue weighted by molar-refractivity contribution is 9.10. The summed E-state index contributed by atoms with van der Waals surface area (Å²) in [6, 6.07) is 3.71. The summed E-state index contributed by atoms with van der Waals surface area (Å²) >= 11 is 3.38. The van der Waals surface area contributed by atoms with Crippen LogP contribution in [0.1, 0.15) is 17.4 Å². The van der Waals surface area contributed by atoms with Gasteiger partial charge in [0.25, 0.3) is 0 Å². The zero-order chi connectivity index (χ0) is 9.84. The van der Waals surface area contributed by atoms with Crippen molar-refractivity contribution in [1.29, 1.82) is 0 Å². The van der Waals surface area contributed by atoms with E-state index < -0.39 is 0 Å². The highest BCUT2D eigenvalue weighted by Gasteiger charge is 2.07. The van der Waals surface area contributed by atoms with Crippen molar-refractivity contribution < 1.29 is 4.74 Å². The first-order valence-electron chi connectivity index (χ1n) is 4.02. The fourth-order valence-electron chi connectivity index (χ4n) is 1.03. The fourth-order valence-corrected chi connectivity index (χ4v) is 1.26. The second-order valence-electron chi connectivity index (χ2n) is 2.87. The molecule has 3 nitrogen and oxygen atoms in total. The smallest absolute Gasteiger partial charge is 0.0707 e. The van der Waals surface area contributed by atoms with E-state index in [9.17, 15) is 0 Å². The van der Waals surface area contributed by atoms with E-state index in [-0.39, 0.29) is 6.04 Å². The van der Waals surface area contributed by atoms with Crippen LogP contribution in [0.5, 0.6) is 0 Å². The molecule has 0 aliphatic carbocycles. The number of methoxy groups -OCH3 is 1. The summed E-state index contributed by atoms with van der Waals surface area (Å²) in [4.78, 5) is 4.34. The van der Waals surface area contributed by atoms with Gasteiger partial charge in [0.15, 0.2) is 0 Å². The molecule has 1 atom stereocenters. The van der Waals surface area contributed by atoms with Crippen LogP contribution in [0.2, 0.25) is 0 Å². The number of nitrogens with two attached hydrogens (primary N) is 1. The minimum Gasteiger partial charge on any atom is -0.383 e. The van der Waals surface area contributed by atoms with Gasteiger partial charge in [0.2, 0.25) is 0 Å². The third kappa shape index (κ3) is 2.76. The van der Waals surface area contributed by atoms with Crippen molar-refractivity contribution in [3.63, 3.8) is 0 Å². The molecule has 1 heterocycles. The summed E-state index contributed by atoms with van der Waals surface area (Å²) in [6.45, 7) is 2.43. The van der Waals surface area contributed by atoms with E-state index in [1.807, 2.05) is 19.1 Å². The van der Waals surface area contributed by atoms with E-state index in [0.717, 1.165) is 15.9 Å². The molecule has 13 heavy (non-hydrogen) atoms. The SMILES string of the molecule is COC[C@H](N)c1ccc(Br)c(C)n1. The number of pyridine rings is 1. The Morgan fingerprint density at radius 2 is 2.31 bits per heavy atom. The van der Waals surface area contributed by atoms with Gasteiger partial charge in [-0.05, 0) is 35.0 Å². The van der Waals surface area contributed by atoms with Gasteiger partial charge in [-0.25, -0.2) is 0 Å². The summed E-state index contributed by atoms with van der Waals surface area (Å²) in [5, 5.41) is 0. The third-order valence-corrected chi connectivity index (χ3v) is 2.61. The molecule has 0 saturated heterocycles. The third-order valence-electron chi connectivity index (χ3n) is 1.77. The molecule has 0 unspecified atom stereocenters. The van der Waals surface area contributed by atoms with Crippen LogP contribution in [0.3, 0.4) is 0 Å². The van der Waals surface area contributed by atoms with Crippen molar-refractivity contribution >= 4 is 15.9 Å². The van der Waals surface area contributed by atoms with Gasteiger partial charge >= 0.3 is 0 Å². The first-order chi connectivity index (χ1) is 6.15. The average molecular weight is 245 g/mol. The Hall–Kier alpha value is -0.450. The highest BCUT2D eigenvalue weighted by Crippen LogP contribution is 2.16. The van der Waals surface area contributed by atoms with Gasteiger partial charge in [0.05, 0.1) is 24.0 Å². The largest absolute Gasteiger partial charge is 0.383 e. The van der Waals surface area contributed by atoms with Crippen LogP contribution in [0.15, 0.2) is 16.6 Å². The Balaban J connectivity index is 2.84. The minimum atomic E-state index is -0.142. The van der Waals surface area contributed by atoms with Gasteiger partial charge < -0.3 is 10.5 Å². The lowest BCUT2D eigenvalue weighted by atomic mass is 10.2. The van der Waals surface area contributed by atoms with E-state index >= 15 is 0 Å². The highest BCUT2D eigenvalue weighted by atomic mass is 79.9. The van der Waals surface area contributed by atoms with Crippen molar-refractivity contribution in [1.82, 2.24) is 4.98 Å². The number of hydrogen-bond donors (Lipinski definition) is 1. The first kappa shape index (κ1) is 10.6. The minimum absolute atomic E-state index is 0.142. The number of halogens is 1. The molecule has 1 rings (SSSR count). The molecule has 0 aromatic carbocycles. The average Bonchev–Trinajstić information content (AvgIpc) is 2.10. The van der Waals surface area contributed by atoms with Gasteiger partial charge in [-0.3, -0.25) is 4.98 Å². The molecular weight excluding hydrogens is 232 g/mol. The molecule has 0 aliphatic heterocycles. The van der Waals surface area contributed by atoms with Gasteiger partial charge in [-0.2, -0.15) is 0 Å². The summed E-state index contributed by atoms with van der Waals surface area (Å²) in [7, 11) is 1.63. The lowest BCUT2D eigenvalue weighted by molar-refractivity contribution is 0.179. The maximum Gasteiger partial charge on any atom is 0.0707 e. The van der Waals surface area contributed by atoms with Crippen LogP contribution < -0.4 is 5.73 Å². The predicted molar refractivity (Wildman–Crippen MR) is 55.5 cm³/mol. The van der Waals surface area contributed by atoms with Gasteiger partial charge in [0, 0.05) is 11.6 Å². The van der Waals surface area contributed by atoms with E-state index in [1.54, 1.807) is 7.11 Å². The van der Waals surface area contributed by atoms with Crippen molar-refractivity contribution in [2.24, 2.45) is 5.73 Å². The second-order valence-corrected chi connectivity index (χ2v) is 3.72. The van der Waals surface area contributed by atoms with Crippen LogP contribution in [0.25, 0.3) is 0 Å². The van der Waals surface area contributed by atoms with Crippen LogP contribution in [0.4, 0.5) is 0 Å². The summed E-state index contributed by atoms with van der Waals surface area (Å²) < 4.78 is 5.95. The number of aromatic nitrogens is 1. The molecule has 0 bridgehead atoms. The predicted octanol–water partition coefficient (Wildman–Crippen LogP) is 1.80. The van der Waals surface area contributed by atoms with Crippen molar-refractivity contribution in [2.45, 2.75) is 13.0 Å². The number of aryl methyl sites for hydroxylation is 1. The molecule has 1 aromatic heterocycles. The van der Waals surface area contributed by atoms with Crippen molar-refractivity contribution in [3.05, 3.63) is 28.0 Å². The normalized spacial score (nSPS) is 12.9. The molecule has 0 spiro atoms. The summed E-state index contributed by atoms with van der Waals surface area (Å²) in [6.07, 6.45) is 0. The van der Waals surface area contributed by atoms with Crippen molar-refractivity contribution in [2.75, 3.05) is 13.7 Å². The Morgan fingerprint density at radius 1 is 1.62 bits per heavy atom. The molecule has 0 radical (unpaired) electrons. The van der Waals surface area contributed by atoms with E-state index in [2.05, 4.69) is 20.9 Å². The van der Waals surface area contributed by atoms with Gasteiger partial charge in [0.1, 0.15) is 0 Å². The standard InChI is InChI=1S/C9H13BrN2O/c1-6-7(10)3-4-9(12-6)8(11)5-13-2/h3-4,8H,5,11H2,1-2H3/t8-/m0/s1. The molecule has 0 aliphatic rings. The maximum atomic E-state index is 5.82. The summed E-state index contributed by atoms with van der Waals surface area (Å²) in [5.41, 5.74) is 7.63. The van der Waals surface area contributed by atoms with Crippen LogP contribution in [-0.4, -0.2) is 18.7 Å². The number of nitrogens with zero attached hydrogens (tertiary/aromatic N) is 1. The van der Waals surface area contributed by atoms with E-state index in [1.165, 1.54) is 0 Å². The molecule has 0 amide bonds. The Kier molecular flexibility index (Phi) is 3.84. The number of ether oxygens (including phenoxy) is 1. The topological polar surface area (TPSA) is 48.1 Å². The molecule has 2 N–H and O–H groups in total. The maximum absolute atomic E-state index is 5.82. The zero-order valence-corrected chi connectivity index (χ0v) is 9.34. The molecule has 0 saturated carbocycles. The number of rotatable bonds is 3. The molecule has 1 aromatic rings. The Morgan fingerprint density at radius 3 is 2.85 bits per heavy atom. The number of hydrogen-bond acceptors (Lipinski definition) is 3. The lowest BCUT2D eigenvalue weighted by Gasteiger charge is -2.10. The van der Waals surface area contributed by atoms with Gasteiger partial charge in [-0.1, -0.05) is 0 Å². The quantitative estimate of drug-likeness (QED) is 0.883. The van der Waals surface area contributed by atoms with E-state index in [4.69, 9.17) is 10.5 Å². The fraction of sp³-hybridized carbons (Fsp3) is 0.444. The molecule has 0 fully saturated rings. The van der Waals surface area contributed by atoms with Crippen LogP contribution in [0, 0.1) is 6.92 Å².